The van der Waals surface area contributed by atoms with Gasteiger partial charge in [-0.05, 0) is 18.6 Å². The Morgan fingerprint density at radius 2 is 2.14 bits per heavy atom. The standard InChI is InChI=1S/C11H14N2O/c1-2-5-10(9-12)8-11(14)13-6-3-4-7-13/h3-4,6-7,10H,2,5,8H2,1H3/t10-/m0/s1. The van der Waals surface area contributed by atoms with E-state index in [9.17, 15) is 4.79 Å². The zero-order valence-electron chi connectivity index (χ0n) is 8.31. The monoisotopic (exact) mass is 190 g/mol. The van der Waals surface area contributed by atoms with Crippen LogP contribution in [0.1, 0.15) is 31.0 Å². The summed E-state index contributed by atoms with van der Waals surface area (Å²) in [6.45, 7) is 2.02. The molecular weight excluding hydrogens is 176 g/mol. The molecule has 3 heteroatoms. The van der Waals surface area contributed by atoms with Gasteiger partial charge in [0.1, 0.15) is 0 Å². The lowest BCUT2D eigenvalue weighted by molar-refractivity contribution is 0.0888. The fourth-order valence-electron chi connectivity index (χ4n) is 1.38. The number of nitrogens with zero attached hydrogens (tertiary/aromatic N) is 2. The van der Waals surface area contributed by atoms with E-state index >= 15 is 0 Å². The van der Waals surface area contributed by atoms with Gasteiger partial charge in [0.25, 0.3) is 0 Å². The van der Waals surface area contributed by atoms with Crippen molar-refractivity contribution in [3.63, 3.8) is 0 Å². The van der Waals surface area contributed by atoms with Crippen molar-refractivity contribution in [2.75, 3.05) is 0 Å². The number of aromatic nitrogens is 1. The SMILES string of the molecule is CCC[C@H](C#N)CC(=O)n1cccc1. The molecule has 1 heterocycles. The predicted octanol–water partition coefficient (Wildman–Crippen LogP) is 2.46. The van der Waals surface area contributed by atoms with E-state index in [0.29, 0.717) is 6.42 Å². The minimum absolute atomic E-state index is 0.00463. The van der Waals surface area contributed by atoms with E-state index < -0.39 is 0 Å². The van der Waals surface area contributed by atoms with Crippen molar-refractivity contribution in [3.05, 3.63) is 24.5 Å². The molecule has 0 radical (unpaired) electrons. The summed E-state index contributed by atoms with van der Waals surface area (Å²) in [6, 6.07) is 5.77. The first kappa shape index (κ1) is 10.5. The largest absolute Gasteiger partial charge is 0.295 e. The molecule has 0 N–H and O–H groups in total. The predicted molar refractivity (Wildman–Crippen MR) is 53.7 cm³/mol. The van der Waals surface area contributed by atoms with Gasteiger partial charge in [-0.15, -0.1) is 0 Å². The number of carbonyl (C=O) groups excluding carboxylic acids is 1. The van der Waals surface area contributed by atoms with Crippen molar-refractivity contribution in [2.45, 2.75) is 26.2 Å². The molecule has 1 atom stereocenters. The summed E-state index contributed by atoms with van der Waals surface area (Å²) in [6.07, 6.45) is 5.48. The van der Waals surface area contributed by atoms with E-state index in [0.717, 1.165) is 12.8 Å². The van der Waals surface area contributed by atoms with Gasteiger partial charge in [-0.1, -0.05) is 13.3 Å². The minimum atomic E-state index is -0.144. The van der Waals surface area contributed by atoms with Gasteiger partial charge >= 0.3 is 0 Å². The lowest BCUT2D eigenvalue weighted by atomic mass is 10.0. The van der Waals surface area contributed by atoms with Crippen LogP contribution in [-0.4, -0.2) is 10.5 Å². The maximum Gasteiger partial charge on any atom is 0.231 e. The average molecular weight is 190 g/mol. The number of rotatable bonds is 4. The molecule has 0 saturated heterocycles. The maximum atomic E-state index is 11.6. The summed E-state index contributed by atoms with van der Waals surface area (Å²) in [5, 5.41) is 8.79. The molecule has 0 bridgehead atoms. The Balaban J connectivity index is 2.52. The molecule has 0 aromatic carbocycles. The molecule has 0 saturated carbocycles. The van der Waals surface area contributed by atoms with Crippen LogP contribution < -0.4 is 0 Å². The zero-order valence-corrected chi connectivity index (χ0v) is 8.31. The van der Waals surface area contributed by atoms with Gasteiger partial charge in [-0.3, -0.25) is 9.36 Å². The Hall–Kier alpha value is -1.56. The van der Waals surface area contributed by atoms with E-state index in [4.69, 9.17) is 5.26 Å². The van der Waals surface area contributed by atoms with Gasteiger partial charge in [0, 0.05) is 18.8 Å². The second kappa shape index (κ2) is 5.23. The first-order valence-corrected chi connectivity index (χ1v) is 4.83. The highest BCUT2D eigenvalue weighted by molar-refractivity contribution is 5.79. The van der Waals surface area contributed by atoms with Crippen LogP contribution in [0.2, 0.25) is 0 Å². The summed E-state index contributed by atoms with van der Waals surface area (Å²) >= 11 is 0. The molecule has 1 rings (SSSR count). The summed E-state index contributed by atoms with van der Waals surface area (Å²) < 4.78 is 1.53. The Labute approximate surface area is 84.0 Å². The van der Waals surface area contributed by atoms with E-state index in [1.54, 1.807) is 24.5 Å². The van der Waals surface area contributed by atoms with Crippen molar-refractivity contribution in [1.82, 2.24) is 4.57 Å². The third kappa shape index (κ3) is 2.74. The zero-order chi connectivity index (χ0) is 10.4. The smallest absolute Gasteiger partial charge is 0.231 e. The molecule has 74 valence electrons. The molecule has 0 fully saturated rings. The van der Waals surface area contributed by atoms with Crippen molar-refractivity contribution in [2.24, 2.45) is 5.92 Å². The third-order valence-electron chi connectivity index (χ3n) is 2.13. The second-order valence-corrected chi connectivity index (χ2v) is 3.30. The molecule has 14 heavy (non-hydrogen) atoms. The lowest BCUT2D eigenvalue weighted by Crippen LogP contribution is -2.13. The average Bonchev–Trinajstić information content (AvgIpc) is 2.69. The van der Waals surface area contributed by atoms with Crippen LogP contribution in [0.15, 0.2) is 24.5 Å². The van der Waals surface area contributed by atoms with Crippen LogP contribution in [0.4, 0.5) is 0 Å². The lowest BCUT2D eigenvalue weighted by Gasteiger charge is -2.06. The van der Waals surface area contributed by atoms with Gasteiger partial charge in [0.15, 0.2) is 0 Å². The Morgan fingerprint density at radius 3 is 2.64 bits per heavy atom. The number of carbonyl (C=O) groups is 1. The molecule has 0 unspecified atom stereocenters. The van der Waals surface area contributed by atoms with Gasteiger partial charge in [-0.2, -0.15) is 5.26 Å². The Kier molecular flexibility index (Phi) is 3.93. The molecule has 0 amide bonds. The molecule has 0 aliphatic heterocycles. The van der Waals surface area contributed by atoms with Gasteiger partial charge < -0.3 is 0 Å². The maximum absolute atomic E-state index is 11.6. The summed E-state index contributed by atoms with van der Waals surface area (Å²) in [7, 11) is 0. The molecule has 0 spiro atoms. The molecular formula is C11H14N2O. The Morgan fingerprint density at radius 1 is 1.50 bits per heavy atom. The highest BCUT2D eigenvalue weighted by Crippen LogP contribution is 2.11. The molecule has 0 aliphatic rings. The summed E-state index contributed by atoms with van der Waals surface area (Å²) in [4.78, 5) is 11.6. The Bertz CT molecular complexity index is 322. The van der Waals surface area contributed by atoms with Crippen molar-refractivity contribution < 1.29 is 4.79 Å². The van der Waals surface area contributed by atoms with E-state index in [1.807, 2.05) is 6.92 Å². The van der Waals surface area contributed by atoms with Crippen molar-refractivity contribution in [3.8, 4) is 6.07 Å². The van der Waals surface area contributed by atoms with Crippen LogP contribution in [-0.2, 0) is 0 Å². The van der Waals surface area contributed by atoms with Crippen LogP contribution in [0, 0.1) is 17.2 Å². The van der Waals surface area contributed by atoms with Crippen molar-refractivity contribution >= 4 is 5.91 Å². The molecule has 3 nitrogen and oxygen atoms in total. The fraction of sp³-hybridized carbons (Fsp3) is 0.455. The van der Waals surface area contributed by atoms with Crippen LogP contribution in [0.3, 0.4) is 0 Å². The number of hydrogen-bond donors (Lipinski definition) is 0. The molecule has 1 aromatic rings. The third-order valence-corrected chi connectivity index (χ3v) is 2.13. The van der Waals surface area contributed by atoms with E-state index in [2.05, 4.69) is 6.07 Å². The summed E-state index contributed by atoms with van der Waals surface area (Å²) in [5.74, 6) is -0.148. The van der Waals surface area contributed by atoms with Crippen molar-refractivity contribution in [1.29, 1.82) is 5.26 Å². The second-order valence-electron chi connectivity index (χ2n) is 3.30. The molecule has 1 aromatic heterocycles. The number of hydrogen-bond acceptors (Lipinski definition) is 2. The topological polar surface area (TPSA) is 45.8 Å². The number of nitriles is 1. The van der Waals surface area contributed by atoms with Gasteiger partial charge in [0.2, 0.25) is 5.91 Å². The fourth-order valence-corrected chi connectivity index (χ4v) is 1.38. The minimum Gasteiger partial charge on any atom is -0.295 e. The van der Waals surface area contributed by atoms with E-state index in [1.165, 1.54) is 4.57 Å². The van der Waals surface area contributed by atoms with Crippen LogP contribution in [0.5, 0.6) is 0 Å². The molecule has 0 aliphatic carbocycles. The van der Waals surface area contributed by atoms with E-state index in [-0.39, 0.29) is 11.8 Å². The highest BCUT2D eigenvalue weighted by atomic mass is 16.1. The van der Waals surface area contributed by atoms with Gasteiger partial charge in [0.05, 0.1) is 12.0 Å². The first-order chi connectivity index (χ1) is 6.77. The quantitative estimate of drug-likeness (QED) is 0.732. The van der Waals surface area contributed by atoms with Gasteiger partial charge in [-0.25, -0.2) is 0 Å². The highest BCUT2D eigenvalue weighted by Gasteiger charge is 2.12. The summed E-state index contributed by atoms with van der Waals surface area (Å²) in [5.41, 5.74) is 0. The first-order valence-electron chi connectivity index (χ1n) is 4.83. The van der Waals surface area contributed by atoms with Crippen LogP contribution in [0.25, 0.3) is 0 Å². The van der Waals surface area contributed by atoms with Crippen LogP contribution >= 0.6 is 0 Å². The normalized spacial score (nSPS) is 12.0.